The van der Waals surface area contributed by atoms with Gasteiger partial charge >= 0.3 is 0 Å². The SMILES string of the molecule is CCCNC(=O)[C@@H](C)N(Cc1ccc(Cl)c(Cl)c1)C(=O)CCCN(c1ccc(Cl)cc1)S(C)(=O)=O. The van der Waals surface area contributed by atoms with Crippen molar-refractivity contribution in [1.29, 1.82) is 0 Å². The summed E-state index contributed by atoms with van der Waals surface area (Å²) in [5.74, 6) is -0.543. The van der Waals surface area contributed by atoms with Crippen LogP contribution >= 0.6 is 34.8 Å². The lowest BCUT2D eigenvalue weighted by atomic mass is 10.1. The van der Waals surface area contributed by atoms with Crippen molar-refractivity contribution in [2.24, 2.45) is 0 Å². The van der Waals surface area contributed by atoms with Gasteiger partial charge in [0.1, 0.15) is 6.04 Å². The summed E-state index contributed by atoms with van der Waals surface area (Å²) in [5, 5.41) is 4.05. The highest BCUT2D eigenvalue weighted by Crippen LogP contribution is 2.25. The molecule has 0 aliphatic carbocycles. The molecule has 2 amide bonds. The molecule has 0 spiro atoms. The first-order valence-electron chi connectivity index (χ1n) is 11.2. The number of rotatable bonds is 12. The molecule has 0 unspecified atom stereocenters. The van der Waals surface area contributed by atoms with Crippen LogP contribution in [0.4, 0.5) is 5.69 Å². The van der Waals surface area contributed by atoms with Crippen LogP contribution < -0.4 is 9.62 Å². The Hall–Kier alpha value is -2.00. The summed E-state index contributed by atoms with van der Waals surface area (Å²) in [5.41, 5.74) is 1.19. The molecule has 11 heteroatoms. The maximum atomic E-state index is 13.2. The largest absolute Gasteiger partial charge is 0.354 e. The predicted octanol–water partition coefficient (Wildman–Crippen LogP) is 5.14. The maximum Gasteiger partial charge on any atom is 0.242 e. The van der Waals surface area contributed by atoms with E-state index in [1.807, 2.05) is 6.92 Å². The highest BCUT2D eigenvalue weighted by Gasteiger charge is 2.26. The van der Waals surface area contributed by atoms with Gasteiger partial charge in [-0.3, -0.25) is 13.9 Å². The minimum atomic E-state index is -3.57. The molecular weight excluding hydrogens is 533 g/mol. The number of amides is 2. The monoisotopic (exact) mass is 561 g/mol. The normalized spacial score (nSPS) is 12.2. The number of anilines is 1. The standard InChI is InChI=1S/C24H30Cl3N3O4S/c1-4-13-28-24(32)17(2)29(16-18-7-12-21(26)22(27)15-18)23(31)6-5-14-30(35(3,33)34)20-10-8-19(25)9-11-20/h7-12,15,17H,4-6,13-14,16H2,1-3H3,(H,28,32)/t17-/m1/s1. The van der Waals surface area contributed by atoms with Crippen LogP contribution in [0, 0.1) is 0 Å². The van der Waals surface area contributed by atoms with E-state index >= 15 is 0 Å². The molecular formula is C24H30Cl3N3O4S. The average Bonchev–Trinajstić information content (AvgIpc) is 2.80. The van der Waals surface area contributed by atoms with Crippen molar-refractivity contribution < 1.29 is 18.0 Å². The molecule has 0 bridgehead atoms. The van der Waals surface area contributed by atoms with Crippen LogP contribution in [0.15, 0.2) is 42.5 Å². The van der Waals surface area contributed by atoms with Gasteiger partial charge in [-0.15, -0.1) is 0 Å². The third-order valence-corrected chi connectivity index (χ3v) is 7.51. The Morgan fingerprint density at radius 3 is 2.26 bits per heavy atom. The number of halogens is 3. The Morgan fingerprint density at radius 2 is 1.69 bits per heavy atom. The summed E-state index contributed by atoms with van der Waals surface area (Å²) in [4.78, 5) is 27.3. The fourth-order valence-electron chi connectivity index (χ4n) is 3.42. The van der Waals surface area contributed by atoms with E-state index in [0.29, 0.717) is 27.3 Å². The van der Waals surface area contributed by atoms with Crippen molar-refractivity contribution in [3.05, 3.63) is 63.1 Å². The minimum Gasteiger partial charge on any atom is -0.354 e. The fourth-order valence-corrected chi connectivity index (χ4v) is 4.84. The molecule has 0 aliphatic heterocycles. The van der Waals surface area contributed by atoms with Gasteiger partial charge in [-0.2, -0.15) is 0 Å². The second-order valence-corrected chi connectivity index (χ2v) is 11.3. The number of carbonyl (C=O) groups excluding carboxylic acids is 2. The van der Waals surface area contributed by atoms with Gasteiger partial charge in [0.15, 0.2) is 0 Å². The van der Waals surface area contributed by atoms with E-state index in [4.69, 9.17) is 34.8 Å². The van der Waals surface area contributed by atoms with Crippen molar-refractivity contribution >= 4 is 62.3 Å². The average molecular weight is 563 g/mol. The molecule has 0 fully saturated rings. The van der Waals surface area contributed by atoms with Crippen molar-refractivity contribution in [2.45, 2.75) is 45.7 Å². The lowest BCUT2D eigenvalue weighted by Crippen LogP contribution is -2.47. The quantitative estimate of drug-likeness (QED) is 0.388. The zero-order valence-electron chi connectivity index (χ0n) is 19.9. The third kappa shape index (κ3) is 8.86. The summed E-state index contributed by atoms with van der Waals surface area (Å²) in [6.45, 7) is 4.36. The van der Waals surface area contributed by atoms with Crippen LogP contribution in [0.3, 0.4) is 0 Å². The number of benzene rings is 2. The van der Waals surface area contributed by atoms with Gasteiger partial charge in [-0.25, -0.2) is 8.42 Å². The molecule has 2 rings (SSSR count). The molecule has 35 heavy (non-hydrogen) atoms. The maximum absolute atomic E-state index is 13.2. The van der Waals surface area contributed by atoms with E-state index in [9.17, 15) is 18.0 Å². The molecule has 0 aromatic heterocycles. The van der Waals surface area contributed by atoms with Gasteiger partial charge < -0.3 is 10.2 Å². The summed E-state index contributed by atoms with van der Waals surface area (Å²) in [6.07, 6.45) is 2.19. The first-order valence-corrected chi connectivity index (χ1v) is 14.2. The van der Waals surface area contributed by atoms with Crippen molar-refractivity contribution in [3.8, 4) is 0 Å². The number of nitrogens with zero attached hydrogens (tertiary/aromatic N) is 2. The van der Waals surface area contributed by atoms with E-state index in [1.165, 1.54) is 9.21 Å². The van der Waals surface area contributed by atoms with Crippen LogP contribution in [0.1, 0.15) is 38.7 Å². The highest BCUT2D eigenvalue weighted by molar-refractivity contribution is 7.92. The topological polar surface area (TPSA) is 86.8 Å². The highest BCUT2D eigenvalue weighted by atomic mass is 35.5. The number of hydrogen-bond donors (Lipinski definition) is 1. The lowest BCUT2D eigenvalue weighted by Gasteiger charge is -2.29. The molecule has 2 aromatic carbocycles. The van der Waals surface area contributed by atoms with Gasteiger partial charge in [0.2, 0.25) is 21.8 Å². The van der Waals surface area contributed by atoms with E-state index in [-0.39, 0.29) is 37.7 Å². The molecule has 0 aliphatic rings. The second kappa shape index (κ2) is 13.3. The summed E-state index contributed by atoms with van der Waals surface area (Å²) in [7, 11) is -3.57. The molecule has 0 heterocycles. The number of nitrogens with one attached hydrogen (secondary N) is 1. The van der Waals surface area contributed by atoms with Crippen molar-refractivity contribution in [3.63, 3.8) is 0 Å². The predicted molar refractivity (Wildman–Crippen MR) is 143 cm³/mol. The van der Waals surface area contributed by atoms with Gasteiger partial charge in [0.25, 0.3) is 0 Å². The first-order chi connectivity index (χ1) is 16.4. The Labute approximate surface area is 222 Å². The smallest absolute Gasteiger partial charge is 0.242 e. The van der Waals surface area contributed by atoms with Crippen LogP contribution in [0.25, 0.3) is 0 Å². The Bertz CT molecular complexity index is 1130. The molecule has 192 valence electrons. The molecule has 1 atom stereocenters. The van der Waals surface area contributed by atoms with Gasteiger partial charge in [0.05, 0.1) is 22.0 Å². The molecule has 0 saturated carbocycles. The lowest BCUT2D eigenvalue weighted by molar-refractivity contribution is -0.140. The number of hydrogen-bond acceptors (Lipinski definition) is 4. The van der Waals surface area contributed by atoms with E-state index in [1.54, 1.807) is 49.4 Å². The zero-order valence-corrected chi connectivity index (χ0v) is 23.0. The second-order valence-electron chi connectivity index (χ2n) is 8.15. The summed E-state index contributed by atoms with van der Waals surface area (Å²) >= 11 is 18.1. The van der Waals surface area contributed by atoms with Crippen molar-refractivity contribution in [2.75, 3.05) is 23.7 Å². The van der Waals surface area contributed by atoms with Crippen LogP contribution in [-0.2, 0) is 26.2 Å². The Kier molecular flexibility index (Phi) is 11.1. The van der Waals surface area contributed by atoms with Crippen LogP contribution in [-0.4, -0.2) is 50.5 Å². The van der Waals surface area contributed by atoms with Crippen molar-refractivity contribution in [1.82, 2.24) is 10.2 Å². The Balaban J connectivity index is 2.17. The van der Waals surface area contributed by atoms with Gasteiger partial charge in [0, 0.05) is 31.1 Å². The fraction of sp³-hybridized carbons (Fsp3) is 0.417. The van der Waals surface area contributed by atoms with Gasteiger partial charge in [-0.05, 0) is 61.7 Å². The minimum absolute atomic E-state index is 0.0479. The third-order valence-electron chi connectivity index (χ3n) is 5.32. The van der Waals surface area contributed by atoms with E-state index in [2.05, 4.69) is 5.32 Å². The van der Waals surface area contributed by atoms with Crippen LogP contribution in [0.2, 0.25) is 15.1 Å². The molecule has 2 aromatic rings. The van der Waals surface area contributed by atoms with E-state index in [0.717, 1.165) is 18.2 Å². The van der Waals surface area contributed by atoms with E-state index < -0.39 is 16.1 Å². The molecule has 1 N–H and O–H groups in total. The van der Waals surface area contributed by atoms with Gasteiger partial charge in [-0.1, -0.05) is 47.8 Å². The van der Waals surface area contributed by atoms with Crippen LogP contribution in [0.5, 0.6) is 0 Å². The first kappa shape index (κ1) is 29.2. The Morgan fingerprint density at radius 1 is 1.03 bits per heavy atom. The molecule has 0 radical (unpaired) electrons. The summed E-state index contributed by atoms with van der Waals surface area (Å²) < 4.78 is 25.9. The summed E-state index contributed by atoms with van der Waals surface area (Å²) in [6, 6.07) is 10.8. The number of carbonyl (C=O) groups is 2. The number of sulfonamides is 1. The molecule has 7 nitrogen and oxygen atoms in total. The zero-order chi connectivity index (χ0) is 26.2. The molecule has 0 saturated heterocycles.